The van der Waals surface area contributed by atoms with Crippen LogP contribution in [0.25, 0.3) is 0 Å². The molecule has 0 bridgehead atoms. The number of thioether (sulfide) groups is 1. The predicted octanol–water partition coefficient (Wildman–Crippen LogP) is 1.82. The Kier molecular flexibility index (Phi) is 4.09. The molecule has 2 unspecified atom stereocenters. The Labute approximate surface area is 77.7 Å². The van der Waals surface area contributed by atoms with Crippen molar-refractivity contribution in [3.8, 4) is 0 Å². The smallest absolute Gasteiger partial charge is 0.186 e. The molecule has 3 heteroatoms. The van der Waals surface area contributed by atoms with Crippen molar-refractivity contribution in [1.29, 1.82) is 0 Å². The molecule has 1 saturated carbocycles. The lowest BCUT2D eigenvalue weighted by Crippen LogP contribution is -2.20. The summed E-state index contributed by atoms with van der Waals surface area (Å²) >= 11 is 1.44. The molecular formula is C9H16O2S. The fourth-order valence-corrected chi connectivity index (χ4v) is 2.87. The summed E-state index contributed by atoms with van der Waals surface area (Å²) < 4.78 is 0. The Morgan fingerprint density at radius 2 is 2.33 bits per heavy atom. The average molecular weight is 188 g/mol. The highest BCUT2D eigenvalue weighted by atomic mass is 32.2. The van der Waals surface area contributed by atoms with Crippen molar-refractivity contribution in [3.05, 3.63) is 0 Å². The van der Waals surface area contributed by atoms with Gasteiger partial charge < -0.3 is 5.11 Å². The highest BCUT2D eigenvalue weighted by Gasteiger charge is 2.22. The number of hydrogen-bond donors (Lipinski definition) is 1. The second-order valence-corrected chi connectivity index (χ2v) is 4.92. The van der Waals surface area contributed by atoms with E-state index in [1.165, 1.54) is 11.8 Å². The van der Waals surface area contributed by atoms with E-state index in [4.69, 9.17) is 5.11 Å². The molecule has 0 aromatic carbocycles. The first-order chi connectivity index (χ1) is 5.72. The lowest BCUT2D eigenvalue weighted by Gasteiger charge is -2.26. The monoisotopic (exact) mass is 188 g/mol. The zero-order chi connectivity index (χ0) is 8.97. The number of carbonyl (C=O) groups excluding carboxylic acids is 1. The number of aliphatic hydroxyl groups is 1. The van der Waals surface area contributed by atoms with Crippen LogP contribution in [-0.2, 0) is 4.79 Å². The zero-order valence-corrected chi connectivity index (χ0v) is 8.27. The van der Waals surface area contributed by atoms with Crippen molar-refractivity contribution in [3.63, 3.8) is 0 Å². The third-order valence-corrected chi connectivity index (χ3v) is 3.42. The maximum Gasteiger partial charge on any atom is 0.186 e. The van der Waals surface area contributed by atoms with Crippen LogP contribution in [0.4, 0.5) is 0 Å². The van der Waals surface area contributed by atoms with Crippen LogP contribution in [0.2, 0.25) is 0 Å². The lowest BCUT2D eigenvalue weighted by atomic mass is 9.90. The summed E-state index contributed by atoms with van der Waals surface area (Å²) in [6, 6.07) is 0. The Bertz CT molecular complexity index is 159. The Balaban J connectivity index is 2.30. The molecule has 0 spiro atoms. The Morgan fingerprint density at radius 1 is 1.58 bits per heavy atom. The highest BCUT2D eigenvalue weighted by Crippen LogP contribution is 2.32. The van der Waals surface area contributed by atoms with Gasteiger partial charge in [-0.15, -0.1) is 0 Å². The van der Waals surface area contributed by atoms with Gasteiger partial charge in [0, 0.05) is 18.8 Å². The van der Waals surface area contributed by atoms with Gasteiger partial charge in [-0.2, -0.15) is 0 Å². The lowest BCUT2D eigenvalue weighted by molar-refractivity contribution is -0.109. The van der Waals surface area contributed by atoms with Crippen LogP contribution >= 0.6 is 11.8 Å². The average Bonchev–Trinajstić information content (AvgIpc) is 2.03. The molecule has 0 amide bonds. The molecule has 2 nitrogen and oxygen atoms in total. The highest BCUT2D eigenvalue weighted by molar-refractivity contribution is 8.14. The molecule has 1 N–H and O–H groups in total. The maximum absolute atomic E-state index is 10.8. The summed E-state index contributed by atoms with van der Waals surface area (Å²) in [6.07, 6.45) is 4.45. The van der Waals surface area contributed by atoms with Crippen LogP contribution < -0.4 is 0 Å². The van der Waals surface area contributed by atoms with Crippen molar-refractivity contribution in [2.45, 2.75) is 37.9 Å². The van der Waals surface area contributed by atoms with Crippen molar-refractivity contribution in [2.24, 2.45) is 5.92 Å². The van der Waals surface area contributed by atoms with E-state index in [-0.39, 0.29) is 11.7 Å². The van der Waals surface area contributed by atoms with Crippen molar-refractivity contribution in [1.82, 2.24) is 0 Å². The van der Waals surface area contributed by atoms with Gasteiger partial charge in [-0.3, -0.25) is 4.79 Å². The first kappa shape index (κ1) is 10.1. The largest absolute Gasteiger partial charge is 0.396 e. The molecule has 70 valence electrons. The summed E-state index contributed by atoms with van der Waals surface area (Å²) in [7, 11) is 0. The predicted molar refractivity (Wildman–Crippen MR) is 51.1 cm³/mol. The third kappa shape index (κ3) is 3.15. The molecule has 0 saturated heterocycles. The van der Waals surface area contributed by atoms with E-state index in [0.29, 0.717) is 11.2 Å². The summed E-state index contributed by atoms with van der Waals surface area (Å²) in [5.74, 6) is 0.440. The number of carbonyl (C=O) groups is 1. The SMILES string of the molecule is CC(=O)SC1CCCC(CO)C1. The number of hydrogen-bond acceptors (Lipinski definition) is 3. The summed E-state index contributed by atoms with van der Waals surface area (Å²) in [6.45, 7) is 1.90. The van der Waals surface area contributed by atoms with E-state index in [0.717, 1.165) is 25.7 Å². The molecule has 0 aromatic rings. The first-order valence-electron chi connectivity index (χ1n) is 4.50. The van der Waals surface area contributed by atoms with Gasteiger partial charge in [0.25, 0.3) is 0 Å². The van der Waals surface area contributed by atoms with Crippen LogP contribution in [0.15, 0.2) is 0 Å². The van der Waals surface area contributed by atoms with Gasteiger partial charge >= 0.3 is 0 Å². The molecule has 0 aliphatic heterocycles. The minimum absolute atomic E-state index is 0.207. The zero-order valence-electron chi connectivity index (χ0n) is 7.45. The normalized spacial score (nSPS) is 30.2. The summed E-state index contributed by atoms with van der Waals surface area (Å²) in [4.78, 5) is 10.8. The molecule has 0 aromatic heterocycles. The van der Waals surface area contributed by atoms with Gasteiger partial charge in [-0.25, -0.2) is 0 Å². The number of rotatable bonds is 2. The quantitative estimate of drug-likeness (QED) is 0.718. The molecule has 0 radical (unpaired) electrons. The topological polar surface area (TPSA) is 37.3 Å². The third-order valence-electron chi connectivity index (χ3n) is 2.33. The van der Waals surface area contributed by atoms with Crippen LogP contribution in [0.3, 0.4) is 0 Å². The fourth-order valence-electron chi connectivity index (χ4n) is 1.75. The van der Waals surface area contributed by atoms with Gasteiger partial charge in [0.05, 0.1) is 0 Å². The molecule has 1 aliphatic carbocycles. The van der Waals surface area contributed by atoms with Gasteiger partial charge in [0.2, 0.25) is 0 Å². The molecule has 0 heterocycles. The minimum atomic E-state index is 0.207. The van der Waals surface area contributed by atoms with E-state index in [9.17, 15) is 4.79 Å². The van der Waals surface area contributed by atoms with E-state index >= 15 is 0 Å². The molecule has 12 heavy (non-hydrogen) atoms. The van der Waals surface area contributed by atoms with Crippen LogP contribution in [0.5, 0.6) is 0 Å². The molecule has 1 fully saturated rings. The van der Waals surface area contributed by atoms with Gasteiger partial charge in [0.15, 0.2) is 5.12 Å². The van der Waals surface area contributed by atoms with E-state index in [1.807, 2.05) is 0 Å². The Hall–Kier alpha value is -0.0200. The second kappa shape index (κ2) is 4.87. The number of aliphatic hydroxyl groups excluding tert-OH is 1. The van der Waals surface area contributed by atoms with Crippen LogP contribution in [-0.4, -0.2) is 22.1 Å². The van der Waals surface area contributed by atoms with E-state index in [1.54, 1.807) is 6.92 Å². The van der Waals surface area contributed by atoms with Crippen LogP contribution in [0.1, 0.15) is 32.6 Å². The first-order valence-corrected chi connectivity index (χ1v) is 5.38. The fraction of sp³-hybridized carbons (Fsp3) is 0.889. The van der Waals surface area contributed by atoms with Crippen molar-refractivity contribution < 1.29 is 9.90 Å². The van der Waals surface area contributed by atoms with E-state index < -0.39 is 0 Å². The second-order valence-electron chi connectivity index (χ2n) is 3.45. The molecule has 1 aliphatic rings. The molecule has 1 rings (SSSR count). The Morgan fingerprint density at radius 3 is 2.92 bits per heavy atom. The standard InChI is InChI=1S/C9H16O2S/c1-7(11)12-9-4-2-3-8(5-9)6-10/h8-10H,2-6H2,1H3. The van der Waals surface area contributed by atoms with Crippen molar-refractivity contribution in [2.75, 3.05) is 6.61 Å². The van der Waals surface area contributed by atoms with Crippen molar-refractivity contribution >= 4 is 16.9 Å². The van der Waals surface area contributed by atoms with Gasteiger partial charge in [-0.05, 0) is 25.2 Å². The summed E-state index contributed by atoms with van der Waals surface area (Å²) in [5.41, 5.74) is 0. The maximum atomic E-state index is 10.8. The minimum Gasteiger partial charge on any atom is -0.396 e. The molecular weight excluding hydrogens is 172 g/mol. The van der Waals surface area contributed by atoms with E-state index in [2.05, 4.69) is 0 Å². The van der Waals surface area contributed by atoms with Crippen LogP contribution in [0, 0.1) is 5.92 Å². The van der Waals surface area contributed by atoms with Gasteiger partial charge in [-0.1, -0.05) is 18.2 Å². The molecule has 2 atom stereocenters. The summed E-state index contributed by atoms with van der Waals surface area (Å²) in [5, 5.41) is 9.62. The van der Waals surface area contributed by atoms with Gasteiger partial charge in [0.1, 0.15) is 0 Å².